The Morgan fingerprint density at radius 2 is 2.44 bits per heavy atom. The quantitative estimate of drug-likeness (QED) is 0.863. The third-order valence-electron chi connectivity index (χ3n) is 3.09. The van der Waals surface area contributed by atoms with Crippen LogP contribution in [0.15, 0.2) is 23.7 Å². The molecular weight excluding hydrogens is 218 g/mol. The number of nitrogens with one attached hydrogen (secondary N) is 1. The molecule has 0 bridgehead atoms. The molecular formula is C12H15N3S. The highest BCUT2D eigenvalue weighted by atomic mass is 32.1. The van der Waals surface area contributed by atoms with Crippen molar-refractivity contribution in [3.63, 3.8) is 0 Å². The van der Waals surface area contributed by atoms with E-state index < -0.39 is 0 Å². The second-order valence-corrected chi connectivity index (χ2v) is 5.31. The second kappa shape index (κ2) is 4.03. The molecule has 0 radical (unpaired) electrons. The van der Waals surface area contributed by atoms with Gasteiger partial charge >= 0.3 is 0 Å². The van der Waals surface area contributed by atoms with E-state index in [4.69, 9.17) is 0 Å². The Hall–Kier alpha value is -1.13. The molecule has 0 spiro atoms. The lowest BCUT2D eigenvalue weighted by Gasteiger charge is -2.14. The average molecular weight is 233 g/mol. The molecule has 1 N–H and O–H groups in total. The molecule has 1 aromatic heterocycles. The summed E-state index contributed by atoms with van der Waals surface area (Å²) >= 11 is 1.70. The van der Waals surface area contributed by atoms with Crippen molar-refractivity contribution in [1.82, 2.24) is 9.88 Å². The molecule has 1 fully saturated rings. The third kappa shape index (κ3) is 1.90. The van der Waals surface area contributed by atoms with Gasteiger partial charge < -0.3 is 10.2 Å². The van der Waals surface area contributed by atoms with Crippen LogP contribution >= 0.6 is 11.3 Å². The molecule has 1 atom stereocenters. The zero-order valence-corrected chi connectivity index (χ0v) is 10.1. The summed E-state index contributed by atoms with van der Waals surface area (Å²) < 4.78 is 1.26. The van der Waals surface area contributed by atoms with Crippen LogP contribution in [0.2, 0.25) is 0 Å². The molecule has 0 aliphatic carbocycles. The van der Waals surface area contributed by atoms with Gasteiger partial charge in [0.25, 0.3) is 0 Å². The van der Waals surface area contributed by atoms with Crippen LogP contribution in [0.1, 0.15) is 6.42 Å². The zero-order valence-electron chi connectivity index (χ0n) is 9.31. The number of hydrogen-bond donors (Lipinski definition) is 1. The Bertz CT molecular complexity index is 494. The summed E-state index contributed by atoms with van der Waals surface area (Å²) in [7, 11) is 2.17. The molecule has 1 saturated heterocycles. The fraction of sp³-hybridized carbons (Fsp3) is 0.417. The smallest absolute Gasteiger partial charge is 0.0813 e. The third-order valence-corrected chi connectivity index (χ3v) is 3.89. The van der Waals surface area contributed by atoms with Crippen LogP contribution in [0.25, 0.3) is 10.2 Å². The van der Waals surface area contributed by atoms with Crippen molar-refractivity contribution in [3.8, 4) is 0 Å². The van der Waals surface area contributed by atoms with E-state index in [1.165, 1.54) is 23.4 Å². The number of likely N-dealkylation sites (N-methyl/N-ethyl adjacent to an activating group) is 1. The maximum Gasteiger partial charge on any atom is 0.0813 e. The van der Waals surface area contributed by atoms with Crippen molar-refractivity contribution in [2.45, 2.75) is 12.5 Å². The van der Waals surface area contributed by atoms with E-state index in [1.54, 1.807) is 11.3 Å². The van der Waals surface area contributed by atoms with Gasteiger partial charge in [-0.3, -0.25) is 0 Å². The second-order valence-electron chi connectivity index (χ2n) is 4.43. The van der Waals surface area contributed by atoms with Crippen LogP contribution in [0, 0.1) is 0 Å². The molecule has 4 heteroatoms. The number of benzene rings is 1. The number of nitrogens with zero attached hydrogens (tertiary/aromatic N) is 2. The Morgan fingerprint density at radius 3 is 3.25 bits per heavy atom. The topological polar surface area (TPSA) is 28.2 Å². The molecule has 2 aromatic rings. The van der Waals surface area contributed by atoms with Crippen molar-refractivity contribution in [2.24, 2.45) is 0 Å². The summed E-state index contributed by atoms with van der Waals surface area (Å²) in [4.78, 5) is 6.65. The molecule has 1 aliphatic rings. The Morgan fingerprint density at radius 1 is 1.50 bits per heavy atom. The molecule has 1 unspecified atom stereocenters. The fourth-order valence-corrected chi connectivity index (χ4v) is 2.95. The lowest BCUT2D eigenvalue weighted by atomic mass is 10.2. The van der Waals surface area contributed by atoms with Crippen LogP contribution in [0.5, 0.6) is 0 Å². The molecule has 84 valence electrons. The van der Waals surface area contributed by atoms with E-state index in [-0.39, 0.29) is 0 Å². The fourth-order valence-electron chi connectivity index (χ4n) is 2.23. The largest absolute Gasteiger partial charge is 0.381 e. The van der Waals surface area contributed by atoms with Gasteiger partial charge in [-0.2, -0.15) is 0 Å². The van der Waals surface area contributed by atoms with Gasteiger partial charge in [-0.25, -0.2) is 4.98 Å². The first-order valence-electron chi connectivity index (χ1n) is 5.59. The molecule has 0 saturated carbocycles. The Kier molecular flexibility index (Phi) is 2.53. The normalized spacial score (nSPS) is 21.7. The van der Waals surface area contributed by atoms with Crippen molar-refractivity contribution in [2.75, 3.05) is 25.5 Å². The minimum atomic E-state index is 0.593. The van der Waals surface area contributed by atoms with E-state index in [0.717, 1.165) is 12.1 Å². The molecule has 3 nitrogen and oxygen atoms in total. The summed E-state index contributed by atoms with van der Waals surface area (Å²) in [6.45, 7) is 2.33. The number of likely N-dealkylation sites (tertiary alicyclic amines) is 1. The molecule has 3 rings (SSSR count). The number of thiazole rings is 1. The Balaban J connectivity index is 1.78. The minimum absolute atomic E-state index is 0.593. The summed E-state index contributed by atoms with van der Waals surface area (Å²) in [6.07, 6.45) is 1.23. The standard InChI is InChI=1S/C12H15N3S/c1-15-5-4-10(7-15)14-9-2-3-11-12(6-9)16-8-13-11/h2-3,6,8,10,14H,4-5,7H2,1H3. The van der Waals surface area contributed by atoms with Crippen LogP contribution in [-0.4, -0.2) is 36.1 Å². The predicted octanol–water partition coefficient (Wildman–Crippen LogP) is 2.41. The van der Waals surface area contributed by atoms with Gasteiger partial charge in [-0.05, 0) is 38.2 Å². The molecule has 2 heterocycles. The first kappa shape index (κ1) is 10.1. The number of fused-ring (bicyclic) bond motifs is 1. The number of rotatable bonds is 2. The van der Waals surface area contributed by atoms with Gasteiger partial charge in [0.2, 0.25) is 0 Å². The first-order valence-corrected chi connectivity index (χ1v) is 6.47. The summed E-state index contributed by atoms with van der Waals surface area (Å²) in [5.74, 6) is 0. The lowest BCUT2D eigenvalue weighted by Crippen LogP contribution is -2.23. The van der Waals surface area contributed by atoms with Gasteiger partial charge in [0, 0.05) is 18.3 Å². The van der Waals surface area contributed by atoms with Gasteiger partial charge in [0.05, 0.1) is 15.7 Å². The number of hydrogen-bond acceptors (Lipinski definition) is 4. The van der Waals surface area contributed by atoms with Crippen LogP contribution in [0.3, 0.4) is 0 Å². The first-order chi connectivity index (χ1) is 7.81. The van der Waals surface area contributed by atoms with Gasteiger partial charge in [0.1, 0.15) is 0 Å². The van der Waals surface area contributed by atoms with Crippen LogP contribution in [-0.2, 0) is 0 Å². The van der Waals surface area contributed by atoms with Crippen LogP contribution in [0.4, 0.5) is 5.69 Å². The minimum Gasteiger partial charge on any atom is -0.381 e. The zero-order chi connectivity index (χ0) is 11.0. The van der Waals surface area contributed by atoms with E-state index in [2.05, 4.69) is 40.4 Å². The molecule has 16 heavy (non-hydrogen) atoms. The summed E-state index contributed by atoms with van der Waals surface area (Å²) in [6, 6.07) is 7.01. The highest BCUT2D eigenvalue weighted by Crippen LogP contribution is 2.23. The van der Waals surface area contributed by atoms with E-state index in [9.17, 15) is 0 Å². The molecule has 1 aliphatic heterocycles. The van der Waals surface area contributed by atoms with E-state index >= 15 is 0 Å². The van der Waals surface area contributed by atoms with E-state index in [0.29, 0.717) is 6.04 Å². The van der Waals surface area contributed by atoms with Crippen molar-refractivity contribution in [1.29, 1.82) is 0 Å². The predicted molar refractivity (Wildman–Crippen MR) is 69.1 cm³/mol. The monoisotopic (exact) mass is 233 g/mol. The highest BCUT2D eigenvalue weighted by molar-refractivity contribution is 7.16. The molecule has 1 aromatic carbocycles. The van der Waals surface area contributed by atoms with Crippen molar-refractivity contribution < 1.29 is 0 Å². The van der Waals surface area contributed by atoms with Crippen molar-refractivity contribution >= 4 is 27.2 Å². The van der Waals surface area contributed by atoms with Crippen LogP contribution < -0.4 is 5.32 Å². The Labute approximate surface area is 99.1 Å². The average Bonchev–Trinajstić information content (AvgIpc) is 2.87. The number of anilines is 1. The highest BCUT2D eigenvalue weighted by Gasteiger charge is 2.18. The van der Waals surface area contributed by atoms with Gasteiger partial charge in [-0.15, -0.1) is 11.3 Å². The number of aromatic nitrogens is 1. The van der Waals surface area contributed by atoms with E-state index in [1.807, 2.05) is 5.51 Å². The summed E-state index contributed by atoms with van der Waals surface area (Å²) in [5, 5.41) is 3.59. The molecule has 0 amide bonds. The maximum absolute atomic E-state index is 4.29. The SMILES string of the molecule is CN1CCC(Nc2ccc3ncsc3c2)C1. The van der Waals surface area contributed by atoms with Gasteiger partial charge in [-0.1, -0.05) is 0 Å². The van der Waals surface area contributed by atoms with Gasteiger partial charge in [0.15, 0.2) is 0 Å². The maximum atomic E-state index is 4.29. The van der Waals surface area contributed by atoms with Crippen molar-refractivity contribution in [3.05, 3.63) is 23.7 Å². The lowest BCUT2D eigenvalue weighted by molar-refractivity contribution is 0.414. The summed E-state index contributed by atoms with van der Waals surface area (Å²) in [5.41, 5.74) is 4.22.